The maximum absolute atomic E-state index is 13.6. The number of benzene rings is 1. The van der Waals surface area contributed by atoms with Gasteiger partial charge >= 0.3 is 6.03 Å². The van der Waals surface area contributed by atoms with Crippen molar-refractivity contribution in [3.8, 4) is 5.75 Å². The molecular formula is C25H22Cl2N4O3. The zero-order chi connectivity index (χ0) is 23.7. The van der Waals surface area contributed by atoms with Crippen LogP contribution < -0.4 is 9.64 Å². The quantitative estimate of drug-likeness (QED) is 0.341. The highest BCUT2D eigenvalue weighted by molar-refractivity contribution is 6.33. The van der Waals surface area contributed by atoms with Crippen LogP contribution in [-0.2, 0) is 17.6 Å². The molecule has 4 heterocycles. The lowest BCUT2D eigenvalue weighted by atomic mass is 9.88. The molecule has 0 radical (unpaired) electrons. The molecule has 3 aromatic rings. The summed E-state index contributed by atoms with van der Waals surface area (Å²) in [6.45, 7) is 1.09. The van der Waals surface area contributed by atoms with Gasteiger partial charge in [0.1, 0.15) is 21.6 Å². The highest BCUT2D eigenvalue weighted by Crippen LogP contribution is 2.42. The van der Waals surface area contributed by atoms with E-state index in [0.717, 1.165) is 29.7 Å². The van der Waals surface area contributed by atoms with Gasteiger partial charge in [-0.1, -0.05) is 35.3 Å². The van der Waals surface area contributed by atoms with Crippen LogP contribution >= 0.6 is 23.2 Å². The first-order valence-corrected chi connectivity index (χ1v) is 11.8. The van der Waals surface area contributed by atoms with Crippen molar-refractivity contribution in [1.29, 1.82) is 0 Å². The Labute approximate surface area is 207 Å². The number of urea groups is 1. The van der Waals surface area contributed by atoms with Crippen LogP contribution in [0.1, 0.15) is 24.0 Å². The summed E-state index contributed by atoms with van der Waals surface area (Å²) in [6, 6.07) is 14.3. The SMILES string of the molecule is O=C1N(c2cc(Cl)nc(Cl)c2)C(=O)C2(Cc3ccc(OCCc4ccncc4)cc3)CCCN12. The molecule has 2 fully saturated rings. The lowest BCUT2D eigenvalue weighted by Crippen LogP contribution is -2.47. The Morgan fingerprint density at radius 1 is 0.971 bits per heavy atom. The van der Waals surface area contributed by atoms with Crippen molar-refractivity contribution in [2.24, 2.45) is 0 Å². The Kier molecular flexibility index (Phi) is 6.15. The maximum Gasteiger partial charge on any atom is 0.332 e. The highest BCUT2D eigenvalue weighted by atomic mass is 35.5. The standard InChI is InChI=1S/C25H22Cl2N4O3/c26-21-14-19(15-22(27)29-21)31-23(32)25(9-1-12-30(25)24(31)33)16-18-2-4-20(5-3-18)34-13-8-17-6-10-28-11-7-17/h2-7,10-11,14-15H,1,8-9,12-13,16H2. The second-order valence-corrected chi connectivity index (χ2v) is 9.23. The Balaban J connectivity index is 1.31. The number of rotatable bonds is 7. The zero-order valence-corrected chi connectivity index (χ0v) is 19.8. The van der Waals surface area contributed by atoms with Gasteiger partial charge in [0.25, 0.3) is 5.91 Å². The van der Waals surface area contributed by atoms with E-state index in [1.807, 2.05) is 36.4 Å². The number of halogens is 2. The Bertz CT molecular complexity index is 1200. The van der Waals surface area contributed by atoms with E-state index in [-0.39, 0.29) is 22.2 Å². The number of hydrogen-bond donors (Lipinski definition) is 0. The van der Waals surface area contributed by atoms with E-state index in [1.54, 1.807) is 17.3 Å². The van der Waals surface area contributed by atoms with E-state index >= 15 is 0 Å². The van der Waals surface area contributed by atoms with E-state index in [0.29, 0.717) is 31.7 Å². The van der Waals surface area contributed by atoms with E-state index in [9.17, 15) is 9.59 Å². The highest BCUT2D eigenvalue weighted by Gasteiger charge is 2.59. The molecule has 0 bridgehead atoms. The first kappa shape index (κ1) is 22.6. The molecule has 1 unspecified atom stereocenters. The molecule has 5 rings (SSSR count). The summed E-state index contributed by atoms with van der Waals surface area (Å²) in [4.78, 5) is 37.6. The van der Waals surface area contributed by atoms with Crippen LogP contribution in [0.5, 0.6) is 5.75 Å². The number of anilines is 1. The summed E-state index contributed by atoms with van der Waals surface area (Å²) in [5.41, 5.74) is 1.55. The van der Waals surface area contributed by atoms with Gasteiger partial charge in [-0.05, 0) is 60.4 Å². The average Bonchev–Trinajstić information content (AvgIpc) is 3.32. The van der Waals surface area contributed by atoms with Gasteiger partial charge in [-0.15, -0.1) is 0 Å². The monoisotopic (exact) mass is 496 g/mol. The summed E-state index contributed by atoms with van der Waals surface area (Å²) in [5.74, 6) is 0.501. The van der Waals surface area contributed by atoms with Gasteiger partial charge in [0.05, 0.1) is 12.3 Å². The van der Waals surface area contributed by atoms with Crippen molar-refractivity contribution in [3.63, 3.8) is 0 Å². The van der Waals surface area contributed by atoms with Crippen molar-refractivity contribution in [3.05, 3.63) is 82.4 Å². The topological polar surface area (TPSA) is 75.6 Å². The number of nitrogens with zero attached hydrogens (tertiary/aromatic N) is 4. The molecule has 0 saturated carbocycles. The smallest absolute Gasteiger partial charge is 0.332 e. The van der Waals surface area contributed by atoms with Crippen molar-refractivity contribution in [2.75, 3.05) is 18.1 Å². The molecule has 2 aliphatic heterocycles. The van der Waals surface area contributed by atoms with E-state index < -0.39 is 5.54 Å². The number of pyridine rings is 2. The minimum absolute atomic E-state index is 0.128. The largest absolute Gasteiger partial charge is 0.493 e. The molecule has 1 aromatic carbocycles. The third-order valence-electron chi connectivity index (χ3n) is 6.35. The van der Waals surface area contributed by atoms with Crippen molar-refractivity contribution < 1.29 is 14.3 Å². The fraction of sp³-hybridized carbons (Fsp3) is 0.280. The first-order valence-electron chi connectivity index (χ1n) is 11.1. The van der Waals surface area contributed by atoms with Gasteiger partial charge < -0.3 is 9.64 Å². The van der Waals surface area contributed by atoms with Crippen molar-refractivity contribution in [1.82, 2.24) is 14.9 Å². The molecule has 3 amide bonds. The van der Waals surface area contributed by atoms with E-state index in [1.165, 1.54) is 17.0 Å². The van der Waals surface area contributed by atoms with Crippen molar-refractivity contribution >= 4 is 40.8 Å². The van der Waals surface area contributed by atoms with Gasteiger partial charge in [0.15, 0.2) is 0 Å². The number of fused-ring (bicyclic) bond motifs is 1. The summed E-state index contributed by atoms with van der Waals surface area (Å²) < 4.78 is 5.86. The fourth-order valence-electron chi connectivity index (χ4n) is 4.74. The first-order chi connectivity index (χ1) is 16.5. The van der Waals surface area contributed by atoms with Gasteiger partial charge in [0.2, 0.25) is 0 Å². The fourth-order valence-corrected chi connectivity index (χ4v) is 5.19. The second-order valence-electron chi connectivity index (χ2n) is 8.46. The molecule has 0 spiro atoms. The number of hydrogen-bond acceptors (Lipinski definition) is 5. The summed E-state index contributed by atoms with van der Waals surface area (Å²) >= 11 is 12.0. The average molecular weight is 497 g/mol. The van der Waals surface area contributed by atoms with Gasteiger partial charge in [-0.3, -0.25) is 9.78 Å². The van der Waals surface area contributed by atoms with Crippen molar-refractivity contribution in [2.45, 2.75) is 31.2 Å². The zero-order valence-electron chi connectivity index (χ0n) is 18.3. The molecule has 9 heteroatoms. The number of carbonyl (C=O) groups is 2. The molecular weight excluding hydrogens is 475 g/mol. The molecule has 1 atom stereocenters. The maximum atomic E-state index is 13.6. The Morgan fingerprint density at radius 3 is 2.38 bits per heavy atom. The summed E-state index contributed by atoms with van der Waals surface area (Å²) in [5, 5.41) is 0.257. The third-order valence-corrected chi connectivity index (χ3v) is 6.73. The number of aromatic nitrogens is 2. The van der Waals surface area contributed by atoms with Gasteiger partial charge in [-0.25, -0.2) is 14.7 Å². The number of amides is 3. The lowest BCUT2D eigenvalue weighted by Gasteiger charge is -2.28. The van der Waals surface area contributed by atoms with Crippen LogP contribution in [0.4, 0.5) is 10.5 Å². The van der Waals surface area contributed by atoms with E-state index in [2.05, 4.69) is 9.97 Å². The number of imide groups is 1. The predicted octanol–water partition coefficient (Wildman–Crippen LogP) is 4.95. The molecule has 2 saturated heterocycles. The summed E-state index contributed by atoms with van der Waals surface area (Å²) in [7, 11) is 0. The van der Waals surface area contributed by atoms with Crippen LogP contribution in [0.3, 0.4) is 0 Å². The molecule has 34 heavy (non-hydrogen) atoms. The van der Waals surface area contributed by atoms with E-state index in [4.69, 9.17) is 27.9 Å². The van der Waals surface area contributed by atoms with Crippen LogP contribution in [0.25, 0.3) is 0 Å². The molecule has 7 nitrogen and oxygen atoms in total. The number of ether oxygens (including phenoxy) is 1. The molecule has 2 aliphatic rings. The van der Waals surface area contributed by atoms with Crippen LogP contribution in [0, 0.1) is 0 Å². The molecule has 174 valence electrons. The summed E-state index contributed by atoms with van der Waals surface area (Å²) in [6.07, 6.45) is 6.13. The van der Waals surface area contributed by atoms with Gasteiger partial charge in [0, 0.05) is 31.8 Å². The van der Waals surface area contributed by atoms with Gasteiger partial charge in [-0.2, -0.15) is 0 Å². The van der Waals surface area contributed by atoms with Crippen LogP contribution in [0.15, 0.2) is 60.9 Å². The lowest BCUT2D eigenvalue weighted by molar-refractivity contribution is -0.123. The Hall–Kier alpha value is -3.16. The van der Waals surface area contributed by atoms with Crippen LogP contribution in [0.2, 0.25) is 10.3 Å². The molecule has 2 aromatic heterocycles. The number of carbonyl (C=O) groups excluding carboxylic acids is 2. The molecule has 0 aliphatic carbocycles. The minimum atomic E-state index is -0.914. The second kappa shape index (κ2) is 9.24. The Morgan fingerprint density at radius 2 is 1.68 bits per heavy atom. The minimum Gasteiger partial charge on any atom is -0.493 e. The van der Waals surface area contributed by atoms with Crippen LogP contribution in [-0.4, -0.2) is 45.5 Å². The normalized spacial score (nSPS) is 19.6. The predicted molar refractivity (Wildman–Crippen MR) is 129 cm³/mol. The third kappa shape index (κ3) is 4.21. The molecule has 0 N–H and O–H groups in total.